The van der Waals surface area contributed by atoms with Gasteiger partial charge in [0.2, 0.25) is 0 Å². The zero-order valence-electron chi connectivity index (χ0n) is 19.2. The summed E-state index contributed by atoms with van der Waals surface area (Å²) in [6.07, 6.45) is -1.47. The van der Waals surface area contributed by atoms with Gasteiger partial charge < -0.3 is 14.4 Å². The van der Waals surface area contributed by atoms with Crippen molar-refractivity contribution in [1.29, 1.82) is 0 Å². The maximum absolute atomic E-state index is 13.1. The highest BCUT2D eigenvalue weighted by Gasteiger charge is 2.39. The van der Waals surface area contributed by atoms with Crippen LogP contribution in [0.25, 0.3) is 0 Å². The quantitative estimate of drug-likeness (QED) is 0.421. The first-order chi connectivity index (χ1) is 14.8. The third-order valence-corrected chi connectivity index (χ3v) is 5.49. The lowest BCUT2D eigenvalue weighted by Crippen LogP contribution is -2.36. The fourth-order valence-electron chi connectivity index (χ4n) is 3.58. The van der Waals surface area contributed by atoms with Crippen LogP contribution in [0, 0.1) is 11.8 Å². The van der Waals surface area contributed by atoms with Crippen molar-refractivity contribution in [2.75, 3.05) is 0 Å². The molecule has 2 rings (SSSR count). The lowest BCUT2D eigenvalue weighted by Gasteiger charge is -2.29. The number of ether oxygens (including phenoxy) is 1. The first-order valence-corrected chi connectivity index (χ1v) is 10.9. The van der Waals surface area contributed by atoms with E-state index in [0.29, 0.717) is 12.5 Å². The summed E-state index contributed by atoms with van der Waals surface area (Å²) in [6, 6.07) is 4.81. The number of hydrogen-bond acceptors (Lipinski definition) is 6. The fourth-order valence-corrected chi connectivity index (χ4v) is 3.58. The molecule has 0 saturated carbocycles. The number of alkyl halides is 2. The van der Waals surface area contributed by atoms with E-state index in [9.17, 15) is 28.2 Å². The van der Waals surface area contributed by atoms with Crippen molar-refractivity contribution in [2.24, 2.45) is 11.8 Å². The van der Waals surface area contributed by atoms with E-state index in [4.69, 9.17) is 9.39 Å². The predicted octanol–water partition coefficient (Wildman–Crippen LogP) is 4.27. The van der Waals surface area contributed by atoms with E-state index in [-0.39, 0.29) is 48.2 Å². The molecule has 1 aliphatic heterocycles. The molecule has 0 amide bonds. The minimum atomic E-state index is -3.11. The summed E-state index contributed by atoms with van der Waals surface area (Å²) in [5.41, 5.74) is 0.680. The smallest absolute Gasteiger partial charge is 0.526 e. The average Bonchev–Trinajstić information content (AvgIpc) is 2.65. The Morgan fingerprint density at radius 2 is 1.91 bits per heavy atom. The molecule has 1 aliphatic rings. The van der Waals surface area contributed by atoms with E-state index < -0.39 is 43.1 Å². The van der Waals surface area contributed by atoms with Gasteiger partial charge in [-0.1, -0.05) is 39.8 Å². The number of benzene rings is 1. The number of fused-ring (bicyclic) bond motifs is 1. The fraction of sp³-hybridized carbons (Fsp3) is 0.609. The van der Waals surface area contributed by atoms with E-state index in [1.807, 2.05) is 13.8 Å². The summed E-state index contributed by atoms with van der Waals surface area (Å²) in [4.78, 5) is 36.9. The highest BCUT2D eigenvalue weighted by molar-refractivity contribution is 6.47. The third-order valence-electron chi connectivity index (χ3n) is 5.49. The van der Waals surface area contributed by atoms with Crippen molar-refractivity contribution in [3.63, 3.8) is 0 Å². The highest BCUT2D eigenvalue weighted by atomic mass is 19.3. The molecule has 0 radical (unpaired) electrons. The normalized spacial score (nSPS) is 17.1. The summed E-state index contributed by atoms with van der Waals surface area (Å²) in [6.45, 7) is 7.95. The van der Waals surface area contributed by atoms with E-state index in [0.717, 1.165) is 0 Å². The average molecular weight is 452 g/mol. The minimum Gasteiger partial charge on any atom is -0.535 e. The second-order valence-corrected chi connectivity index (χ2v) is 9.27. The Morgan fingerprint density at radius 3 is 2.47 bits per heavy atom. The number of carbonyl (C=O) groups is 3. The Hall–Kier alpha value is -2.29. The van der Waals surface area contributed by atoms with Gasteiger partial charge in [0.25, 0.3) is 5.92 Å². The van der Waals surface area contributed by atoms with Crippen LogP contribution in [0.15, 0.2) is 18.2 Å². The molecule has 0 aliphatic carbocycles. The molecule has 0 spiro atoms. The monoisotopic (exact) mass is 452 g/mol. The predicted molar refractivity (Wildman–Crippen MR) is 116 cm³/mol. The van der Waals surface area contributed by atoms with Gasteiger partial charge in [0.15, 0.2) is 0 Å². The molecule has 9 heteroatoms. The van der Waals surface area contributed by atoms with Gasteiger partial charge in [-0.15, -0.1) is 0 Å². The van der Waals surface area contributed by atoms with Crippen molar-refractivity contribution < 1.29 is 37.6 Å². The second-order valence-electron chi connectivity index (χ2n) is 9.27. The maximum atomic E-state index is 13.1. The largest absolute Gasteiger partial charge is 0.535 e. The van der Waals surface area contributed by atoms with E-state index in [1.165, 1.54) is 6.07 Å². The third kappa shape index (κ3) is 7.12. The number of para-hydroxylation sites is 1. The summed E-state index contributed by atoms with van der Waals surface area (Å²) < 4.78 is 37.3. The molecule has 32 heavy (non-hydrogen) atoms. The molecule has 1 heterocycles. The minimum absolute atomic E-state index is 0.0107. The van der Waals surface area contributed by atoms with Crippen molar-refractivity contribution in [1.82, 2.24) is 0 Å². The molecule has 1 aromatic rings. The number of Topliss-reactive ketones (excluding diaryl/α,β-unsaturated/α-hetero) is 2. The van der Waals surface area contributed by atoms with Crippen LogP contribution in [-0.4, -0.2) is 41.7 Å². The van der Waals surface area contributed by atoms with Crippen molar-refractivity contribution in [3.05, 3.63) is 29.3 Å². The molecule has 0 aromatic heterocycles. The molecule has 2 atom stereocenters. The van der Waals surface area contributed by atoms with Crippen LogP contribution < -0.4 is 4.65 Å². The summed E-state index contributed by atoms with van der Waals surface area (Å²) in [5.74, 6) is -5.28. The Morgan fingerprint density at radius 1 is 1.25 bits per heavy atom. The van der Waals surface area contributed by atoms with E-state index in [1.54, 1.807) is 26.0 Å². The molecule has 0 saturated heterocycles. The topological polar surface area (TPSA) is 89.9 Å². The Bertz CT molecular complexity index is 849. The van der Waals surface area contributed by atoms with Gasteiger partial charge in [-0.05, 0) is 30.9 Å². The molecule has 1 aromatic carbocycles. The van der Waals surface area contributed by atoms with Gasteiger partial charge in [0.05, 0.1) is 6.42 Å². The van der Waals surface area contributed by atoms with E-state index >= 15 is 0 Å². The van der Waals surface area contributed by atoms with Crippen LogP contribution in [0.5, 0.6) is 5.75 Å². The summed E-state index contributed by atoms with van der Waals surface area (Å²) >= 11 is 0. The van der Waals surface area contributed by atoms with Crippen LogP contribution in [0.1, 0.15) is 69.8 Å². The molecule has 1 unspecified atom stereocenters. The van der Waals surface area contributed by atoms with Crippen LogP contribution in [0.4, 0.5) is 8.78 Å². The summed E-state index contributed by atoms with van der Waals surface area (Å²) in [7, 11) is -1.42. The van der Waals surface area contributed by atoms with Gasteiger partial charge >= 0.3 is 13.1 Å². The number of rotatable bonds is 10. The second kappa shape index (κ2) is 10.6. The maximum Gasteiger partial charge on any atom is 0.526 e. The van der Waals surface area contributed by atoms with Crippen LogP contribution in [0.2, 0.25) is 5.82 Å². The first kappa shape index (κ1) is 26.0. The Kier molecular flexibility index (Phi) is 8.57. The molecular formula is C23H31BF2O6. The first-order valence-electron chi connectivity index (χ1n) is 10.9. The molecule has 0 bridgehead atoms. The molecule has 176 valence electrons. The molecule has 1 N–H and O–H groups in total. The number of halogens is 2. The van der Waals surface area contributed by atoms with Crippen LogP contribution >= 0.6 is 0 Å². The van der Waals surface area contributed by atoms with Crippen molar-refractivity contribution >= 4 is 24.7 Å². The number of hydrogen-bond donors (Lipinski definition) is 1. The standard InChI is InChI=1S/C23H31BF2O6/c1-13(2)19(28)11-20(14(3)4)31-22(29)18-8-6-7-15-9-16(24(30)32-21(15)18)10-17(27)12-23(5,25)26/h6-8,13-14,16,20,30H,9-12H2,1-5H3/t16-,20?/m1/s1. The Labute approximate surface area is 187 Å². The summed E-state index contributed by atoms with van der Waals surface area (Å²) in [5, 5.41) is 10.4. The van der Waals surface area contributed by atoms with Crippen molar-refractivity contribution in [2.45, 2.75) is 78.1 Å². The van der Waals surface area contributed by atoms with Crippen molar-refractivity contribution in [3.8, 4) is 5.75 Å². The van der Waals surface area contributed by atoms with Crippen LogP contribution in [0.3, 0.4) is 0 Å². The SMILES string of the molecule is CC(C)C(=O)CC(OC(=O)c1cccc2c1OB(O)[C@@H](CC(=O)CC(C)(F)F)C2)C(C)C. The lowest BCUT2D eigenvalue weighted by molar-refractivity contribution is -0.126. The van der Waals surface area contributed by atoms with Gasteiger partial charge in [-0.3, -0.25) is 9.59 Å². The zero-order chi connectivity index (χ0) is 24.2. The zero-order valence-corrected chi connectivity index (χ0v) is 19.2. The number of esters is 1. The van der Waals surface area contributed by atoms with Gasteiger partial charge in [-0.25, -0.2) is 13.6 Å². The lowest BCUT2D eigenvalue weighted by atomic mass is 9.64. The molecular weight excluding hydrogens is 421 g/mol. The van der Waals surface area contributed by atoms with Gasteiger partial charge in [-0.2, -0.15) is 0 Å². The number of ketones is 2. The van der Waals surface area contributed by atoms with E-state index in [2.05, 4.69) is 0 Å². The highest BCUT2D eigenvalue weighted by Crippen LogP contribution is 2.37. The van der Waals surface area contributed by atoms with Crippen LogP contribution in [-0.2, 0) is 20.7 Å². The van der Waals surface area contributed by atoms with Gasteiger partial charge in [0, 0.05) is 24.6 Å². The number of carbonyl (C=O) groups excluding carboxylic acids is 3. The molecule has 0 fully saturated rings. The Balaban J connectivity index is 2.16. The van der Waals surface area contributed by atoms with Gasteiger partial charge in [0.1, 0.15) is 29.0 Å². The molecule has 6 nitrogen and oxygen atoms in total.